The lowest BCUT2D eigenvalue weighted by Crippen LogP contribution is -2.09. The number of aliphatic hydroxyl groups is 1. The highest BCUT2D eigenvalue weighted by Crippen LogP contribution is 2.37. The molecule has 2 aromatic heterocycles. The van der Waals surface area contributed by atoms with Gasteiger partial charge >= 0.3 is 5.97 Å². The van der Waals surface area contributed by atoms with Gasteiger partial charge in [-0.15, -0.1) is 11.3 Å². The van der Waals surface area contributed by atoms with Crippen LogP contribution in [0.3, 0.4) is 0 Å². The molecule has 4 aromatic rings. The van der Waals surface area contributed by atoms with Crippen molar-refractivity contribution in [2.24, 2.45) is 0 Å². The molecule has 0 unspecified atom stereocenters. The summed E-state index contributed by atoms with van der Waals surface area (Å²) in [6.45, 7) is 0. The third-order valence-corrected chi connectivity index (χ3v) is 7.22. The van der Waals surface area contributed by atoms with Crippen LogP contribution >= 0.6 is 34.5 Å². The largest absolute Gasteiger partial charge is 0.465 e. The summed E-state index contributed by atoms with van der Waals surface area (Å²) in [4.78, 5) is 16.6. The van der Waals surface area contributed by atoms with Crippen molar-refractivity contribution in [2.45, 2.75) is 18.9 Å². The Bertz CT molecular complexity index is 1330. The average Bonchev–Trinajstić information content (AvgIpc) is 3.13. The zero-order valence-corrected chi connectivity index (χ0v) is 20.1. The highest BCUT2D eigenvalue weighted by atomic mass is 35.5. The maximum absolute atomic E-state index is 12.0. The molecule has 1 N–H and O–H groups in total. The summed E-state index contributed by atoms with van der Waals surface area (Å²) in [7, 11) is 1.34. The SMILES string of the molecule is COC(=O)c1ccccc1[C@@H](O)CCc1cccc(/C=C/c2ccc3sc(Cl)c(Cl)c3n2)c1. The van der Waals surface area contributed by atoms with Gasteiger partial charge in [-0.1, -0.05) is 71.7 Å². The number of aliphatic hydroxyl groups excluding tert-OH is 1. The number of methoxy groups -OCH3 is 1. The highest BCUT2D eigenvalue weighted by Gasteiger charge is 2.17. The second-order valence-corrected chi connectivity index (χ2v) is 9.52. The summed E-state index contributed by atoms with van der Waals surface area (Å²) in [5, 5.41) is 11.2. The maximum atomic E-state index is 12.0. The van der Waals surface area contributed by atoms with Crippen LogP contribution in [0.5, 0.6) is 0 Å². The second-order valence-electron chi connectivity index (χ2n) is 7.48. The molecule has 4 nitrogen and oxygen atoms in total. The standard InChI is InChI=1S/C26H21Cl2NO3S/c1-32-26(31)20-8-3-2-7-19(20)21(30)13-10-17-6-4-5-16(15-17)9-11-18-12-14-22-24(29-18)23(27)25(28)33-22/h2-9,11-12,14-15,21,30H,10,13H2,1H3/b11-9+/t21-/m0/s1. The zero-order valence-electron chi connectivity index (χ0n) is 17.8. The molecule has 0 radical (unpaired) electrons. The molecule has 0 fully saturated rings. The van der Waals surface area contributed by atoms with Crippen LogP contribution in [0.25, 0.3) is 22.4 Å². The Kier molecular flexibility index (Phi) is 7.46. The molecule has 33 heavy (non-hydrogen) atoms. The van der Waals surface area contributed by atoms with E-state index in [0.717, 1.165) is 21.5 Å². The third kappa shape index (κ3) is 5.45. The zero-order chi connectivity index (χ0) is 23.4. The van der Waals surface area contributed by atoms with E-state index in [2.05, 4.69) is 11.1 Å². The Morgan fingerprint density at radius 3 is 2.76 bits per heavy atom. The van der Waals surface area contributed by atoms with Crippen LogP contribution in [0.2, 0.25) is 9.36 Å². The fourth-order valence-corrected chi connectivity index (χ4v) is 5.02. The minimum atomic E-state index is -0.766. The molecular formula is C26H21Cl2NO3S. The Morgan fingerprint density at radius 1 is 1.12 bits per heavy atom. The van der Waals surface area contributed by atoms with Crippen LogP contribution in [-0.4, -0.2) is 23.2 Å². The van der Waals surface area contributed by atoms with E-state index in [-0.39, 0.29) is 0 Å². The van der Waals surface area contributed by atoms with Gasteiger partial charge in [0, 0.05) is 0 Å². The van der Waals surface area contributed by atoms with E-state index in [1.807, 2.05) is 42.5 Å². The maximum Gasteiger partial charge on any atom is 0.338 e. The Balaban J connectivity index is 1.45. The molecule has 0 aliphatic rings. The molecule has 0 bridgehead atoms. The third-order valence-electron chi connectivity index (χ3n) is 5.29. The van der Waals surface area contributed by atoms with Gasteiger partial charge in [0.25, 0.3) is 0 Å². The first-order valence-corrected chi connectivity index (χ1v) is 11.9. The monoisotopic (exact) mass is 497 g/mol. The van der Waals surface area contributed by atoms with Crippen molar-refractivity contribution in [3.63, 3.8) is 0 Å². The van der Waals surface area contributed by atoms with Crippen molar-refractivity contribution in [3.8, 4) is 0 Å². The molecule has 0 aliphatic carbocycles. The molecular weight excluding hydrogens is 477 g/mol. The van der Waals surface area contributed by atoms with Gasteiger partial charge in [-0.2, -0.15) is 0 Å². The van der Waals surface area contributed by atoms with Gasteiger partial charge in [0.15, 0.2) is 0 Å². The predicted octanol–water partition coefficient (Wildman–Crippen LogP) is 7.23. The van der Waals surface area contributed by atoms with Crippen molar-refractivity contribution >= 4 is 62.9 Å². The smallest absolute Gasteiger partial charge is 0.338 e. The number of nitrogens with zero attached hydrogens (tertiary/aromatic N) is 1. The van der Waals surface area contributed by atoms with Crippen molar-refractivity contribution < 1.29 is 14.6 Å². The Hall–Kier alpha value is -2.70. The Morgan fingerprint density at radius 2 is 1.94 bits per heavy atom. The lowest BCUT2D eigenvalue weighted by Gasteiger charge is -2.14. The molecule has 168 valence electrons. The number of benzene rings is 2. The summed E-state index contributed by atoms with van der Waals surface area (Å²) in [5.74, 6) is -0.449. The number of esters is 1. The van der Waals surface area contributed by atoms with E-state index in [1.54, 1.807) is 24.3 Å². The van der Waals surface area contributed by atoms with E-state index in [9.17, 15) is 9.90 Å². The number of halogens is 2. The van der Waals surface area contributed by atoms with Gasteiger partial charge in [-0.3, -0.25) is 0 Å². The lowest BCUT2D eigenvalue weighted by molar-refractivity contribution is 0.0592. The fourth-order valence-electron chi connectivity index (χ4n) is 3.60. The van der Waals surface area contributed by atoms with Crippen LogP contribution in [0.4, 0.5) is 0 Å². The number of pyridine rings is 1. The summed E-state index contributed by atoms with van der Waals surface area (Å²) in [5.41, 5.74) is 4.58. The predicted molar refractivity (Wildman–Crippen MR) is 136 cm³/mol. The topological polar surface area (TPSA) is 59.4 Å². The molecule has 0 saturated heterocycles. The van der Waals surface area contributed by atoms with E-state index < -0.39 is 12.1 Å². The number of fused-ring (bicyclic) bond motifs is 1. The van der Waals surface area contributed by atoms with E-state index in [4.69, 9.17) is 27.9 Å². The first-order chi connectivity index (χ1) is 16.0. The quantitative estimate of drug-likeness (QED) is 0.273. The fraction of sp³-hybridized carbons (Fsp3) is 0.154. The molecule has 1 atom stereocenters. The number of aromatic nitrogens is 1. The number of aryl methyl sites for hydroxylation is 1. The molecule has 0 aliphatic heterocycles. The van der Waals surface area contributed by atoms with Crippen LogP contribution in [0, 0.1) is 0 Å². The van der Waals surface area contributed by atoms with Crippen LogP contribution in [-0.2, 0) is 11.2 Å². The average molecular weight is 498 g/mol. The molecule has 2 heterocycles. The van der Waals surface area contributed by atoms with Crippen molar-refractivity contribution in [3.05, 3.63) is 98.0 Å². The summed E-state index contributed by atoms with van der Waals surface area (Å²) in [6.07, 6.45) is 4.30. The van der Waals surface area contributed by atoms with Crippen molar-refractivity contribution in [1.29, 1.82) is 0 Å². The molecule has 0 saturated carbocycles. The van der Waals surface area contributed by atoms with Crippen molar-refractivity contribution in [2.75, 3.05) is 7.11 Å². The van der Waals surface area contributed by atoms with Gasteiger partial charge in [0.2, 0.25) is 0 Å². The Labute approximate surface area is 206 Å². The number of carbonyl (C=O) groups is 1. The van der Waals surface area contributed by atoms with Crippen LogP contribution in [0.15, 0.2) is 60.7 Å². The van der Waals surface area contributed by atoms with Gasteiger partial charge < -0.3 is 9.84 Å². The first kappa shape index (κ1) is 23.5. The van der Waals surface area contributed by atoms with Gasteiger partial charge in [0.1, 0.15) is 9.85 Å². The second kappa shape index (κ2) is 10.5. The van der Waals surface area contributed by atoms with Crippen molar-refractivity contribution in [1.82, 2.24) is 4.98 Å². The number of rotatable bonds is 7. The molecule has 4 rings (SSSR count). The summed E-state index contributed by atoms with van der Waals surface area (Å²) < 4.78 is 6.33. The number of hydrogen-bond acceptors (Lipinski definition) is 5. The number of carbonyl (C=O) groups excluding carboxylic acids is 1. The number of hydrogen-bond donors (Lipinski definition) is 1. The minimum Gasteiger partial charge on any atom is -0.465 e. The highest BCUT2D eigenvalue weighted by molar-refractivity contribution is 7.23. The summed E-state index contributed by atoms with van der Waals surface area (Å²) in [6, 6.07) is 19.0. The molecule has 0 spiro atoms. The van der Waals surface area contributed by atoms with Gasteiger partial charge in [0.05, 0.1) is 34.2 Å². The lowest BCUT2D eigenvalue weighted by atomic mass is 9.96. The van der Waals surface area contributed by atoms with E-state index in [1.165, 1.54) is 18.4 Å². The van der Waals surface area contributed by atoms with E-state index >= 15 is 0 Å². The molecule has 7 heteroatoms. The first-order valence-electron chi connectivity index (χ1n) is 10.3. The number of thiophene rings is 1. The normalized spacial score (nSPS) is 12.4. The molecule has 0 amide bonds. The van der Waals surface area contributed by atoms with Gasteiger partial charge in [-0.25, -0.2) is 9.78 Å². The van der Waals surface area contributed by atoms with Gasteiger partial charge in [-0.05, 0) is 53.8 Å². The van der Waals surface area contributed by atoms with Crippen LogP contribution in [0.1, 0.15) is 45.3 Å². The summed E-state index contributed by atoms with van der Waals surface area (Å²) >= 11 is 13.8. The van der Waals surface area contributed by atoms with E-state index in [0.29, 0.717) is 38.8 Å². The number of ether oxygens (including phenoxy) is 1. The minimum absolute atomic E-state index is 0.390. The molecule has 2 aromatic carbocycles. The van der Waals surface area contributed by atoms with Crippen LogP contribution < -0.4 is 0 Å².